The summed E-state index contributed by atoms with van der Waals surface area (Å²) in [7, 11) is 5.10. The number of benzene rings is 1. The Morgan fingerprint density at radius 1 is 1.32 bits per heavy atom. The van der Waals surface area contributed by atoms with Crippen LogP contribution in [0.5, 0.6) is 0 Å². The quantitative estimate of drug-likeness (QED) is 0.643. The molecule has 19 heavy (non-hydrogen) atoms. The maximum Gasteiger partial charge on any atom is 0.256 e. The van der Waals surface area contributed by atoms with E-state index in [9.17, 15) is 9.59 Å². The van der Waals surface area contributed by atoms with Gasteiger partial charge in [-0.2, -0.15) is 0 Å². The molecule has 0 unspecified atom stereocenters. The molecule has 1 aromatic carbocycles. The van der Waals surface area contributed by atoms with Crippen molar-refractivity contribution in [1.82, 2.24) is 9.91 Å². The van der Waals surface area contributed by atoms with Gasteiger partial charge in [0.2, 0.25) is 5.91 Å². The summed E-state index contributed by atoms with van der Waals surface area (Å²) in [6.45, 7) is 0.0437. The molecule has 7 nitrogen and oxygen atoms in total. The number of anilines is 1. The molecule has 7 heteroatoms. The summed E-state index contributed by atoms with van der Waals surface area (Å²) in [6, 6.07) is 4.98. The zero-order valence-electron chi connectivity index (χ0n) is 11.0. The van der Waals surface area contributed by atoms with E-state index in [4.69, 9.17) is 0 Å². The number of hydrogen-bond acceptors (Lipinski definition) is 4. The predicted molar refractivity (Wildman–Crippen MR) is 70.2 cm³/mol. The number of likely N-dealkylation sites (N-methyl/N-ethyl adjacent to an activating group) is 1. The van der Waals surface area contributed by atoms with Crippen LogP contribution in [0.2, 0.25) is 0 Å². The van der Waals surface area contributed by atoms with Crippen LogP contribution < -0.4 is 5.32 Å². The number of nitrogens with one attached hydrogen (secondary N) is 1. The molecule has 0 atom stereocenters. The number of fused-ring (bicyclic) bond motifs is 1. The van der Waals surface area contributed by atoms with Gasteiger partial charge in [0.25, 0.3) is 5.91 Å². The van der Waals surface area contributed by atoms with Crippen molar-refractivity contribution in [3.05, 3.63) is 23.8 Å². The Morgan fingerprint density at radius 2 is 2.05 bits per heavy atom. The molecule has 0 fully saturated rings. The van der Waals surface area contributed by atoms with Crippen LogP contribution in [0.15, 0.2) is 28.5 Å². The maximum atomic E-state index is 12.1. The lowest BCUT2D eigenvalue weighted by Crippen LogP contribution is -2.31. The van der Waals surface area contributed by atoms with E-state index < -0.39 is 0 Å². The van der Waals surface area contributed by atoms with Crippen molar-refractivity contribution in [1.29, 1.82) is 0 Å². The molecule has 1 aromatic rings. The summed E-state index contributed by atoms with van der Waals surface area (Å²) in [6.07, 6.45) is 0. The minimum Gasteiger partial charge on any atom is -0.332 e. The molecule has 1 aliphatic heterocycles. The highest BCUT2D eigenvalue weighted by Gasteiger charge is 2.23. The highest BCUT2D eigenvalue weighted by molar-refractivity contribution is 6.08. The first-order valence-corrected chi connectivity index (χ1v) is 5.75. The number of amides is 2. The number of carbonyl (C=O) groups excluding carboxylic acids is 2. The van der Waals surface area contributed by atoms with Gasteiger partial charge in [0.05, 0.1) is 23.5 Å². The summed E-state index contributed by atoms with van der Waals surface area (Å²) in [5.74, 6) is -0.424. The first-order chi connectivity index (χ1) is 8.97. The Hall–Kier alpha value is -2.44. The van der Waals surface area contributed by atoms with E-state index in [0.717, 1.165) is 0 Å². The Kier molecular flexibility index (Phi) is 3.46. The summed E-state index contributed by atoms with van der Waals surface area (Å²) in [5.41, 5.74) is 1.48. The lowest BCUT2D eigenvalue weighted by atomic mass is 10.1. The third kappa shape index (κ3) is 2.87. The summed E-state index contributed by atoms with van der Waals surface area (Å²) in [5, 5.41) is 12.1. The minimum absolute atomic E-state index is 0.0437. The zero-order chi connectivity index (χ0) is 14.0. The number of nitrogens with zero attached hydrogens (tertiary/aromatic N) is 4. The second-order valence-corrected chi connectivity index (χ2v) is 4.48. The Balaban J connectivity index is 2.40. The fraction of sp³-hybridized carbons (Fsp3) is 0.333. The van der Waals surface area contributed by atoms with Gasteiger partial charge < -0.3 is 10.2 Å². The maximum absolute atomic E-state index is 12.1. The van der Waals surface area contributed by atoms with Crippen molar-refractivity contribution in [2.45, 2.75) is 0 Å². The van der Waals surface area contributed by atoms with Gasteiger partial charge in [0, 0.05) is 21.1 Å². The Labute approximate surface area is 110 Å². The van der Waals surface area contributed by atoms with Crippen LogP contribution in [0.25, 0.3) is 0 Å². The SMILES string of the molecule is CN(C)N=Nc1ccc2c(c1)C(=O)N(C)CC(=O)N2. The standard InChI is InChI=1S/C12H15N5O2/c1-16(2)15-14-8-4-5-10-9(6-8)12(19)17(3)7-11(18)13-10/h4-6H,7H2,1-3H3,(H,13,18). The van der Waals surface area contributed by atoms with Crippen LogP contribution >= 0.6 is 0 Å². The third-order valence-corrected chi connectivity index (χ3v) is 2.57. The second-order valence-electron chi connectivity index (χ2n) is 4.48. The molecule has 0 aromatic heterocycles. The third-order valence-electron chi connectivity index (χ3n) is 2.57. The summed E-state index contributed by atoms with van der Waals surface area (Å²) >= 11 is 0. The van der Waals surface area contributed by atoms with Crippen LogP contribution in [0.3, 0.4) is 0 Å². The van der Waals surface area contributed by atoms with Crippen molar-refractivity contribution in [3.8, 4) is 0 Å². The van der Waals surface area contributed by atoms with Gasteiger partial charge in [-0.15, -0.1) is 5.11 Å². The molecule has 0 radical (unpaired) electrons. The summed E-state index contributed by atoms with van der Waals surface area (Å²) < 4.78 is 0. The molecule has 0 saturated heterocycles. The van der Waals surface area contributed by atoms with Gasteiger partial charge in [-0.05, 0) is 18.2 Å². The molecular formula is C12H15N5O2. The smallest absolute Gasteiger partial charge is 0.256 e. The largest absolute Gasteiger partial charge is 0.332 e. The molecule has 1 aliphatic rings. The number of hydrogen-bond donors (Lipinski definition) is 1. The zero-order valence-corrected chi connectivity index (χ0v) is 11.0. The van der Waals surface area contributed by atoms with Crippen molar-refractivity contribution in [2.24, 2.45) is 10.3 Å². The highest BCUT2D eigenvalue weighted by atomic mass is 16.2. The van der Waals surface area contributed by atoms with Crippen LogP contribution in [0, 0.1) is 0 Å². The first kappa shape index (κ1) is 13.0. The van der Waals surface area contributed by atoms with E-state index in [1.54, 1.807) is 44.4 Å². The molecule has 2 rings (SSSR count). The van der Waals surface area contributed by atoms with Crippen molar-refractivity contribution in [2.75, 3.05) is 33.0 Å². The Morgan fingerprint density at radius 3 is 2.74 bits per heavy atom. The van der Waals surface area contributed by atoms with E-state index in [2.05, 4.69) is 15.7 Å². The van der Waals surface area contributed by atoms with Gasteiger partial charge >= 0.3 is 0 Å². The van der Waals surface area contributed by atoms with Crippen molar-refractivity contribution in [3.63, 3.8) is 0 Å². The molecule has 0 aliphatic carbocycles. The van der Waals surface area contributed by atoms with Crippen molar-refractivity contribution >= 4 is 23.2 Å². The van der Waals surface area contributed by atoms with Gasteiger partial charge in [-0.1, -0.05) is 5.22 Å². The monoisotopic (exact) mass is 261 g/mol. The van der Waals surface area contributed by atoms with Crippen LogP contribution in [0.4, 0.5) is 11.4 Å². The van der Waals surface area contributed by atoms with E-state index >= 15 is 0 Å². The van der Waals surface area contributed by atoms with Crippen LogP contribution in [0.1, 0.15) is 10.4 Å². The lowest BCUT2D eigenvalue weighted by Gasteiger charge is -2.12. The van der Waals surface area contributed by atoms with Gasteiger partial charge in [0.15, 0.2) is 0 Å². The van der Waals surface area contributed by atoms with Crippen LogP contribution in [-0.4, -0.2) is 49.4 Å². The molecular weight excluding hydrogens is 246 g/mol. The molecule has 1 N–H and O–H groups in total. The Bertz CT molecular complexity index is 553. The van der Waals surface area contributed by atoms with E-state index in [-0.39, 0.29) is 18.4 Å². The van der Waals surface area contributed by atoms with E-state index in [1.165, 1.54) is 4.90 Å². The van der Waals surface area contributed by atoms with Crippen molar-refractivity contribution < 1.29 is 9.59 Å². The molecule has 0 bridgehead atoms. The lowest BCUT2D eigenvalue weighted by molar-refractivity contribution is -0.116. The van der Waals surface area contributed by atoms with Crippen LogP contribution in [-0.2, 0) is 4.79 Å². The van der Waals surface area contributed by atoms with Gasteiger partial charge in [-0.3, -0.25) is 14.6 Å². The topological polar surface area (TPSA) is 77.4 Å². The molecule has 0 saturated carbocycles. The van der Waals surface area contributed by atoms with Gasteiger partial charge in [-0.25, -0.2) is 0 Å². The highest BCUT2D eigenvalue weighted by Crippen LogP contribution is 2.25. The molecule has 1 heterocycles. The fourth-order valence-electron chi connectivity index (χ4n) is 1.70. The number of rotatable bonds is 2. The average molecular weight is 261 g/mol. The normalized spacial score (nSPS) is 15.2. The first-order valence-electron chi connectivity index (χ1n) is 5.75. The number of carbonyl (C=O) groups is 2. The minimum atomic E-state index is -0.213. The summed E-state index contributed by atoms with van der Waals surface area (Å²) in [4.78, 5) is 25.0. The van der Waals surface area contributed by atoms with E-state index in [0.29, 0.717) is 16.9 Å². The molecule has 100 valence electrons. The molecule has 0 spiro atoms. The average Bonchev–Trinajstić information content (AvgIpc) is 2.45. The van der Waals surface area contributed by atoms with E-state index in [1.807, 2.05) is 0 Å². The fourth-order valence-corrected chi connectivity index (χ4v) is 1.70. The predicted octanol–water partition coefficient (Wildman–Crippen LogP) is 1.27. The van der Waals surface area contributed by atoms with Gasteiger partial charge in [0.1, 0.15) is 0 Å². The molecule has 2 amide bonds. The second kappa shape index (κ2) is 5.05.